The first-order chi connectivity index (χ1) is 10.1. The summed E-state index contributed by atoms with van der Waals surface area (Å²) < 4.78 is 6.15. The summed E-state index contributed by atoms with van der Waals surface area (Å²) in [7, 11) is 0. The molecule has 0 bridgehead atoms. The standard InChI is InChI=1S/C15H18BrNO4/c16-12-3-1-10(2-4-12)13(9-14(18)19)17-15(20)11-5-7-21-8-6-11/h1-4,11,13H,5-9H2,(H,17,20)(H,18,19)/t13-/m1/s1. The number of carboxylic acid groups (broad SMARTS) is 1. The van der Waals surface area contributed by atoms with Crippen molar-refractivity contribution in [2.45, 2.75) is 25.3 Å². The normalized spacial score (nSPS) is 17.2. The van der Waals surface area contributed by atoms with E-state index in [1.165, 1.54) is 0 Å². The van der Waals surface area contributed by atoms with Crippen LogP contribution >= 0.6 is 15.9 Å². The Morgan fingerprint density at radius 2 is 1.90 bits per heavy atom. The first-order valence-electron chi connectivity index (χ1n) is 6.91. The highest BCUT2D eigenvalue weighted by Gasteiger charge is 2.25. The molecule has 1 aromatic rings. The summed E-state index contributed by atoms with van der Waals surface area (Å²) in [4.78, 5) is 23.3. The first kappa shape index (κ1) is 16.0. The third-order valence-corrected chi connectivity index (χ3v) is 4.09. The van der Waals surface area contributed by atoms with E-state index in [0.29, 0.717) is 26.1 Å². The largest absolute Gasteiger partial charge is 0.481 e. The number of carbonyl (C=O) groups is 2. The molecule has 21 heavy (non-hydrogen) atoms. The van der Waals surface area contributed by atoms with Gasteiger partial charge in [0.05, 0.1) is 12.5 Å². The highest BCUT2D eigenvalue weighted by atomic mass is 79.9. The van der Waals surface area contributed by atoms with E-state index in [2.05, 4.69) is 21.2 Å². The molecule has 0 aromatic heterocycles. The van der Waals surface area contributed by atoms with Gasteiger partial charge < -0.3 is 15.2 Å². The molecule has 1 fully saturated rings. The van der Waals surface area contributed by atoms with E-state index in [9.17, 15) is 9.59 Å². The summed E-state index contributed by atoms with van der Waals surface area (Å²) in [5.74, 6) is -1.12. The summed E-state index contributed by atoms with van der Waals surface area (Å²) in [6.07, 6.45) is 1.24. The zero-order valence-corrected chi connectivity index (χ0v) is 13.1. The number of carbonyl (C=O) groups excluding carboxylic acids is 1. The maximum atomic E-state index is 12.3. The van der Waals surface area contributed by atoms with Crippen LogP contribution in [0.1, 0.15) is 30.9 Å². The third kappa shape index (κ3) is 4.82. The quantitative estimate of drug-likeness (QED) is 0.850. The molecule has 1 aromatic carbocycles. The Hall–Kier alpha value is -1.40. The van der Waals surface area contributed by atoms with Gasteiger partial charge in [-0.1, -0.05) is 28.1 Å². The molecule has 1 aliphatic rings. The van der Waals surface area contributed by atoms with Gasteiger partial charge in [0, 0.05) is 23.6 Å². The summed E-state index contributed by atoms with van der Waals surface area (Å²) in [6.45, 7) is 1.17. The van der Waals surface area contributed by atoms with Gasteiger partial charge in [-0.05, 0) is 30.5 Å². The van der Waals surface area contributed by atoms with Gasteiger partial charge in [0.1, 0.15) is 0 Å². The van der Waals surface area contributed by atoms with Crippen LogP contribution in [0.25, 0.3) is 0 Å². The second kappa shape index (κ2) is 7.56. The van der Waals surface area contributed by atoms with Crippen LogP contribution in [0.2, 0.25) is 0 Å². The lowest BCUT2D eigenvalue weighted by Gasteiger charge is -2.24. The number of aliphatic carboxylic acids is 1. The smallest absolute Gasteiger partial charge is 0.305 e. The minimum atomic E-state index is -0.935. The van der Waals surface area contributed by atoms with Crippen LogP contribution in [0, 0.1) is 5.92 Å². The minimum absolute atomic E-state index is 0.0903. The maximum Gasteiger partial charge on any atom is 0.305 e. The summed E-state index contributed by atoms with van der Waals surface area (Å²) in [6, 6.07) is 6.81. The first-order valence-corrected chi connectivity index (χ1v) is 7.71. The van der Waals surface area contributed by atoms with E-state index < -0.39 is 12.0 Å². The Bertz CT molecular complexity index is 497. The lowest BCUT2D eigenvalue weighted by molar-refractivity contribution is -0.138. The van der Waals surface area contributed by atoms with Crippen LogP contribution in [-0.4, -0.2) is 30.2 Å². The van der Waals surface area contributed by atoms with Crippen LogP contribution < -0.4 is 5.32 Å². The molecule has 0 aliphatic carbocycles. The molecule has 0 saturated carbocycles. The van der Waals surface area contributed by atoms with Crippen molar-refractivity contribution in [1.82, 2.24) is 5.32 Å². The number of benzene rings is 1. The zero-order chi connectivity index (χ0) is 15.2. The number of hydrogen-bond acceptors (Lipinski definition) is 3. The maximum absolute atomic E-state index is 12.3. The minimum Gasteiger partial charge on any atom is -0.481 e. The van der Waals surface area contributed by atoms with Gasteiger partial charge in [0.15, 0.2) is 0 Å². The molecule has 1 saturated heterocycles. The molecule has 6 heteroatoms. The van der Waals surface area contributed by atoms with E-state index in [1.807, 2.05) is 24.3 Å². The second-order valence-corrected chi connectivity index (χ2v) is 6.01. The van der Waals surface area contributed by atoms with Gasteiger partial charge in [-0.3, -0.25) is 9.59 Å². The summed E-state index contributed by atoms with van der Waals surface area (Å²) >= 11 is 3.34. The Balaban J connectivity index is 2.06. The van der Waals surface area contributed by atoms with Crippen LogP contribution in [0.15, 0.2) is 28.7 Å². The molecular formula is C15H18BrNO4. The lowest BCUT2D eigenvalue weighted by atomic mass is 9.97. The van der Waals surface area contributed by atoms with Gasteiger partial charge in [-0.25, -0.2) is 0 Å². The van der Waals surface area contributed by atoms with Gasteiger partial charge in [0.2, 0.25) is 5.91 Å². The lowest BCUT2D eigenvalue weighted by Crippen LogP contribution is -2.37. The Labute approximate surface area is 131 Å². The summed E-state index contributed by atoms with van der Waals surface area (Å²) in [5.41, 5.74) is 0.793. The van der Waals surface area contributed by atoms with Crippen LogP contribution in [-0.2, 0) is 14.3 Å². The van der Waals surface area contributed by atoms with Crippen LogP contribution in [0.5, 0.6) is 0 Å². The number of nitrogens with one attached hydrogen (secondary N) is 1. The molecule has 5 nitrogen and oxygen atoms in total. The number of carboxylic acids is 1. The van der Waals surface area contributed by atoms with Crippen molar-refractivity contribution >= 4 is 27.8 Å². The van der Waals surface area contributed by atoms with E-state index in [0.717, 1.165) is 10.0 Å². The van der Waals surface area contributed by atoms with Gasteiger partial charge in [-0.2, -0.15) is 0 Å². The van der Waals surface area contributed by atoms with E-state index in [4.69, 9.17) is 9.84 Å². The molecular weight excluding hydrogens is 338 g/mol. The Morgan fingerprint density at radius 3 is 2.48 bits per heavy atom. The summed E-state index contributed by atoms with van der Waals surface area (Å²) in [5, 5.41) is 11.9. The molecule has 1 heterocycles. The van der Waals surface area contributed by atoms with E-state index in [-0.39, 0.29) is 18.2 Å². The highest BCUT2D eigenvalue weighted by molar-refractivity contribution is 9.10. The fourth-order valence-corrected chi connectivity index (χ4v) is 2.64. The van der Waals surface area contributed by atoms with Crippen molar-refractivity contribution in [1.29, 1.82) is 0 Å². The molecule has 114 valence electrons. The molecule has 1 aliphatic heterocycles. The second-order valence-electron chi connectivity index (χ2n) is 5.10. The van der Waals surface area contributed by atoms with E-state index in [1.54, 1.807) is 0 Å². The molecule has 2 N–H and O–H groups in total. The van der Waals surface area contributed by atoms with Gasteiger partial charge >= 0.3 is 5.97 Å². The average Bonchev–Trinajstić information content (AvgIpc) is 2.48. The zero-order valence-electron chi connectivity index (χ0n) is 11.5. The van der Waals surface area contributed by atoms with Gasteiger partial charge in [0.25, 0.3) is 0 Å². The van der Waals surface area contributed by atoms with Crippen molar-refractivity contribution in [3.05, 3.63) is 34.3 Å². The monoisotopic (exact) mass is 355 g/mol. The van der Waals surface area contributed by atoms with Crippen molar-refractivity contribution in [2.24, 2.45) is 5.92 Å². The number of rotatable bonds is 5. The predicted molar refractivity (Wildman–Crippen MR) is 80.8 cm³/mol. The van der Waals surface area contributed by atoms with Crippen molar-refractivity contribution in [3.8, 4) is 0 Å². The van der Waals surface area contributed by atoms with Crippen LogP contribution in [0.3, 0.4) is 0 Å². The Kier molecular flexibility index (Phi) is 5.76. The molecule has 2 rings (SSSR count). The van der Waals surface area contributed by atoms with Crippen molar-refractivity contribution in [3.63, 3.8) is 0 Å². The number of amides is 1. The van der Waals surface area contributed by atoms with Crippen molar-refractivity contribution in [2.75, 3.05) is 13.2 Å². The number of ether oxygens (including phenoxy) is 1. The van der Waals surface area contributed by atoms with Crippen molar-refractivity contribution < 1.29 is 19.4 Å². The fraction of sp³-hybridized carbons (Fsp3) is 0.467. The number of halogens is 1. The fourth-order valence-electron chi connectivity index (χ4n) is 2.37. The topological polar surface area (TPSA) is 75.6 Å². The SMILES string of the molecule is O=C(O)C[C@@H](NC(=O)C1CCOCC1)c1ccc(Br)cc1. The predicted octanol–water partition coefficient (Wildman–Crippen LogP) is 2.51. The highest BCUT2D eigenvalue weighted by Crippen LogP contribution is 2.22. The van der Waals surface area contributed by atoms with Gasteiger partial charge in [-0.15, -0.1) is 0 Å². The van der Waals surface area contributed by atoms with E-state index >= 15 is 0 Å². The average molecular weight is 356 g/mol. The Morgan fingerprint density at radius 1 is 1.29 bits per heavy atom. The number of hydrogen-bond donors (Lipinski definition) is 2. The van der Waals surface area contributed by atoms with Crippen LogP contribution in [0.4, 0.5) is 0 Å². The third-order valence-electron chi connectivity index (χ3n) is 3.56. The molecule has 1 atom stereocenters. The molecule has 0 radical (unpaired) electrons. The molecule has 1 amide bonds. The molecule has 0 spiro atoms. The molecule has 0 unspecified atom stereocenters.